The largest absolute Gasteiger partial charge is 0.396 e. The summed E-state index contributed by atoms with van der Waals surface area (Å²) in [6, 6.07) is 5.61. The summed E-state index contributed by atoms with van der Waals surface area (Å²) in [5.74, 6) is 0. The summed E-state index contributed by atoms with van der Waals surface area (Å²) in [5, 5.41) is 3.14. The smallest absolute Gasteiger partial charge is 0.0739 e. The molecule has 0 fully saturated rings. The zero-order chi connectivity index (χ0) is 9.80. The Bertz CT molecular complexity index is 413. The third-order valence-electron chi connectivity index (χ3n) is 1.79. The molecule has 70 valence electrons. The highest BCUT2D eigenvalue weighted by atomic mass is 14.9. The minimum atomic E-state index is 0.622. The number of nitrogens with two attached hydrogens (primary N) is 1. The normalized spacial score (nSPS) is 9.71. The van der Waals surface area contributed by atoms with Crippen molar-refractivity contribution in [1.29, 1.82) is 0 Å². The van der Waals surface area contributed by atoms with Crippen molar-refractivity contribution >= 4 is 17.1 Å². The van der Waals surface area contributed by atoms with Crippen molar-refractivity contribution in [3.63, 3.8) is 0 Å². The van der Waals surface area contributed by atoms with Crippen molar-refractivity contribution < 1.29 is 0 Å². The van der Waals surface area contributed by atoms with Crippen molar-refractivity contribution in [2.45, 2.75) is 0 Å². The average molecular weight is 186 g/mol. The topological polar surface area (TPSA) is 63.8 Å². The zero-order valence-corrected chi connectivity index (χ0v) is 7.51. The fraction of sp³-hybridized carbons (Fsp3) is 0. The van der Waals surface area contributed by atoms with Crippen LogP contribution in [0, 0.1) is 0 Å². The van der Waals surface area contributed by atoms with E-state index in [0.29, 0.717) is 5.69 Å². The highest BCUT2D eigenvalue weighted by Crippen LogP contribution is 2.20. The van der Waals surface area contributed by atoms with E-state index in [1.807, 2.05) is 18.2 Å². The first-order chi connectivity index (χ1) is 6.86. The van der Waals surface area contributed by atoms with Crippen molar-refractivity contribution in [3.8, 4) is 0 Å². The summed E-state index contributed by atoms with van der Waals surface area (Å²) in [5.41, 5.74) is 8.09. The first-order valence-corrected chi connectivity index (χ1v) is 4.23. The third-order valence-corrected chi connectivity index (χ3v) is 1.79. The molecule has 0 unspecified atom stereocenters. The second-order valence-electron chi connectivity index (χ2n) is 2.83. The van der Waals surface area contributed by atoms with Crippen molar-refractivity contribution in [2.75, 3.05) is 11.1 Å². The molecule has 0 spiro atoms. The fourth-order valence-electron chi connectivity index (χ4n) is 1.11. The Kier molecular flexibility index (Phi) is 2.27. The molecule has 0 bridgehead atoms. The SMILES string of the molecule is Nc1cnccc1Nc1cccnc1. The summed E-state index contributed by atoms with van der Waals surface area (Å²) in [6.45, 7) is 0. The van der Waals surface area contributed by atoms with E-state index in [-0.39, 0.29) is 0 Å². The number of rotatable bonds is 2. The van der Waals surface area contributed by atoms with E-state index in [4.69, 9.17) is 5.73 Å². The maximum absolute atomic E-state index is 5.72. The van der Waals surface area contributed by atoms with E-state index in [1.165, 1.54) is 0 Å². The van der Waals surface area contributed by atoms with Gasteiger partial charge in [-0.25, -0.2) is 0 Å². The van der Waals surface area contributed by atoms with Crippen LogP contribution in [-0.2, 0) is 0 Å². The van der Waals surface area contributed by atoms with E-state index in [1.54, 1.807) is 24.8 Å². The number of aromatic nitrogens is 2. The molecule has 2 aromatic rings. The Morgan fingerprint density at radius 3 is 2.64 bits per heavy atom. The Hall–Kier alpha value is -2.10. The predicted molar refractivity (Wildman–Crippen MR) is 56.2 cm³/mol. The van der Waals surface area contributed by atoms with Crippen molar-refractivity contribution in [2.24, 2.45) is 0 Å². The summed E-state index contributed by atoms with van der Waals surface area (Å²) in [4.78, 5) is 7.90. The fourth-order valence-corrected chi connectivity index (χ4v) is 1.11. The van der Waals surface area contributed by atoms with Gasteiger partial charge in [0, 0.05) is 12.4 Å². The second-order valence-corrected chi connectivity index (χ2v) is 2.83. The van der Waals surface area contributed by atoms with E-state index in [9.17, 15) is 0 Å². The number of nitrogens with one attached hydrogen (secondary N) is 1. The number of hydrogen-bond donors (Lipinski definition) is 2. The lowest BCUT2D eigenvalue weighted by Gasteiger charge is -2.07. The van der Waals surface area contributed by atoms with E-state index >= 15 is 0 Å². The lowest BCUT2D eigenvalue weighted by molar-refractivity contribution is 1.30. The summed E-state index contributed by atoms with van der Waals surface area (Å²) >= 11 is 0. The van der Waals surface area contributed by atoms with Crippen LogP contribution in [0.2, 0.25) is 0 Å². The van der Waals surface area contributed by atoms with Crippen LogP contribution in [0.25, 0.3) is 0 Å². The van der Waals surface area contributed by atoms with Crippen molar-refractivity contribution in [3.05, 3.63) is 43.0 Å². The molecule has 14 heavy (non-hydrogen) atoms. The maximum Gasteiger partial charge on any atom is 0.0739 e. The van der Waals surface area contributed by atoms with Crippen LogP contribution in [0.5, 0.6) is 0 Å². The third kappa shape index (κ3) is 1.80. The quantitative estimate of drug-likeness (QED) is 0.750. The number of nitrogen functional groups attached to an aromatic ring is 1. The Labute approximate surface area is 81.8 Å². The molecule has 3 N–H and O–H groups in total. The molecule has 2 aromatic heterocycles. The maximum atomic E-state index is 5.72. The highest BCUT2D eigenvalue weighted by molar-refractivity contribution is 5.70. The van der Waals surface area contributed by atoms with Crippen LogP contribution in [0.1, 0.15) is 0 Å². The lowest BCUT2D eigenvalue weighted by atomic mass is 10.3. The van der Waals surface area contributed by atoms with Gasteiger partial charge in [0.1, 0.15) is 0 Å². The van der Waals surface area contributed by atoms with Crippen LogP contribution in [0.4, 0.5) is 17.1 Å². The second kappa shape index (κ2) is 3.74. The number of pyridine rings is 2. The number of anilines is 3. The first kappa shape index (κ1) is 8.50. The van der Waals surface area contributed by atoms with Gasteiger partial charge in [-0.15, -0.1) is 0 Å². The Morgan fingerprint density at radius 1 is 1.07 bits per heavy atom. The van der Waals surface area contributed by atoms with Gasteiger partial charge in [0.25, 0.3) is 0 Å². The molecule has 4 nitrogen and oxygen atoms in total. The Morgan fingerprint density at radius 2 is 1.93 bits per heavy atom. The molecule has 0 aliphatic carbocycles. The molecule has 0 aromatic carbocycles. The van der Waals surface area contributed by atoms with Gasteiger partial charge in [0.15, 0.2) is 0 Å². The van der Waals surface area contributed by atoms with Crippen molar-refractivity contribution in [1.82, 2.24) is 9.97 Å². The molecular formula is C10H10N4. The molecule has 0 amide bonds. The molecule has 0 radical (unpaired) electrons. The van der Waals surface area contributed by atoms with Gasteiger partial charge in [-0.05, 0) is 18.2 Å². The molecule has 0 saturated heterocycles. The molecule has 0 aliphatic heterocycles. The van der Waals surface area contributed by atoms with Crippen LogP contribution in [0.15, 0.2) is 43.0 Å². The van der Waals surface area contributed by atoms with Gasteiger partial charge in [0.2, 0.25) is 0 Å². The molecule has 0 aliphatic rings. The Balaban J connectivity index is 2.24. The minimum absolute atomic E-state index is 0.622. The van der Waals surface area contributed by atoms with Gasteiger partial charge >= 0.3 is 0 Å². The summed E-state index contributed by atoms with van der Waals surface area (Å²) < 4.78 is 0. The predicted octanol–water partition coefficient (Wildman–Crippen LogP) is 1.80. The van der Waals surface area contributed by atoms with Gasteiger partial charge < -0.3 is 11.1 Å². The van der Waals surface area contributed by atoms with Gasteiger partial charge in [-0.2, -0.15) is 0 Å². The number of nitrogens with zero attached hydrogens (tertiary/aromatic N) is 2. The van der Waals surface area contributed by atoms with E-state index < -0.39 is 0 Å². The summed E-state index contributed by atoms with van der Waals surface area (Å²) in [6.07, 6.45) is 6.76. The average Bonchev–Trinajstić information content (AvgIpc) is 2.23. The van der Waals surface area contributed by atoms with Crippen LogP contribution in [0.3, 0.4) is 0 Å². The highest BCUT2D eigenvalue weighted by Gasteiger charge is 1.97. The summed E-state index contributed by atoms with van der Waals surface area (Å²) in [7, 11) is 0. The standard InChI is InChI=1S/C10H10N4/c11-9-7-13-5-3-10(9)14-8-2-1-4-12-6-8/h1-7H,11H2,(H,13,14). The van der Waals surface area contributed by atoms with Gasteiger partial charge in [-0.1, -0.05) is 0 Å². The first-order valence-electron chi connectivity index (χ1n) is 4.23. The molecule has 0 atom stereocenters. The lowest BCUT2D eigenvalue weighted by Crippen LogP contribution is -1.96. The molecule has 0 saturated carbocycles. The molecule has 4 heteroatoms. The molecule has 2 heterocycles. The van der Waals surface area contributed by atoms with E-state index in [0.717, 1.165) is 11.4 Å². The van der Waals surface area contributed by atoms with Crippen LogP contribution >= 0.6 is 0 Å². The molecule has 2 rings (SSSR count). The van der Waals surface area contributed by atoms with Gasteiger partial charge in [0.05, 0.1) is 29.5 Å². The van der Waals surface area contributed by atoms with Crippen LogP contribution < -0.4 is 11.1 Å². The van der Waals surface area contributed by atoms with Gasteiger partial charge in [-0.3, -0.25) is 9.97 Å². The molecular weight excluding hydrogens is 176 g/mol. The van der Waals surface area contributed by atoms with E-state index in [2.05, 4.69) is 15.3 Å². The monoisotopic (exact) mass is 186 g/mol. The minimum Gasteiger partial charge on any atom is -0.396 e. The zero-order valence-electron chi connectivity index (χ0n) is 7.51. The number of hydrogen-bond acceptors (Lipinski definition) is 4. The van der Waals surface area contributed by atoms with Crippen LogP contribution in [-0.4, -0.2) is 9.97 Å².